The van der Waals surface area contributed by atoms with Gasteiger partial charge in [0.1, 0.15) is 0 Å². The van der Waals surface area contributed by atoms with Gasteiger partial charge in [-0.15, -0.1) is 6.58 Å². The predicted octanol–water partition coefficient (Wildman–Crippen LogP) is 3.85. The number of nitrogens with one attached hydrogen (secondary N) is 1. The highest BCUT2D eigenvalue weighted by atomic mass is 79.9. The summed E-state index contributed by atoms with van der Waals surface area (Å²) in [4.78, 5) is 4.32. The smallest absolute Gasteiger partial charge is 0.203 e. The Hall–Kier alpha value is -1.55. The normalized spacial score (nSPS) is 12.1. The van der Waals surface area contributed by atoms with Crippen LogP contribution in [0.1, 0.15) is 18.5 Å². The standard InChI is InChI=1S/C14H16BrN3/c1-3-7-16-14-17-8-9-18(14)11(2)12-5-4-6-13(15)10-12/h3-6,8-11H,1,7H2,2H3,(H,16,17). The van der Waals surface area contributed by atoms with E-state index in [0.717, 1.165) is 10.4 Å². The summed E-state index contributed by atoms with van der Waals surface area (Å²) < 4.78 is 3.21. The third-order valence-corrected chi connectivity index (χ3v) is 3.31. The number of aromatic nitrogens is 2. The monoisotopic (exact) mass is 305 g/mol. The lowest BCUT2D eigenvalue weighted by Gasteiger charge is -2.17. The lowest BCUT2D eigenvalue weighted by molar-refractivity contribution is 0.644. The molecule has 1 unspecified atom stereocenters. The van der Waals surface area contributed by atoms with E-state index in [0.29, 0.717) is 6.54 Å². The first-order valence-electron chi connectivity index (χ1n) is 5.85. The molecule has 18 heavy (non-hydrogen) atoms. The topological polar surface area (TPSA) is 29.9 Å². The van der Waals surface area contributed by atoms with Crippen molar-refractivity contribution < 1.29 is 0 Å². The fraction of sp³-hybridized carbons (Fsp3) is 0.214. The van der Waals surface area contributed by atoms with Crippen molar-refractivity contribution in [3.8, 4) is 0 Å². The molecule has 1 heterocycles. The van der Waals surface area contributed by atoms with Gasteiger partial charge in [0.15, 0.2) is 0 Å². The van der Waals surface area contributed by atoms with E-state index < -0.39 is 0 Å². The van der Waals surface area contributed by atoms with E-state index in [4.69, 9.17) is 0 Å². The fourth-order valence-electron chi connectivity index (χ4n) is 1.85. The van der Waals surface area contributed by atoms with E-state index in [1.807, 2.05) is 24.4 Å². The molecule has 94 valence electrons. The highest BCUT2D eigenvalue weighted by molar-refractivity contribution is 9.10. The summed E-state index contributed by atoms with van der Waals surface area (Å²) in [6.45, 7) is 6.56. The van der Waals surface area contributed by atoms with Crippen molar-refractivity contribution in [2.24, 2.45) is 0 Å². The Morgan fingerprint density at radius 1 is 1.56 bits per heavy atom. The number of imidazole rings is 1. The van der Waals surface area contributed by atoms with E-state index in [9.17, 15) is 0 Å². The Labute approximate surface area is 116 Å². The molecule has 0 fully saturated rings. The molecule has 0 radical (unpaired) electrons. The zero-order chi connectivity index (χ0) is 13.0. The van der Waals surface area contributed by atoms with Crippen molar-refractivity contribution >= 4 is 21.9 Å². The first-order chi connectivity index (χ1) is 8.72. The second kappa shape index (κ2) is 5.87. The molecule has 0 aliphatic rings. The number of nitrogens with zero attached hydrogens (tertiary/aromatic N) is 2. The van der Waals surface area contributed by atoms with E-state index in [1.54, 1.807) is 6.20 Å². The van der Waals surface area contributed by atoms with Gasteiger partial charge in [-0.3, -0.25) is 0 Å². The summed E-state index contributed by atoms with van der Waals surface area (Å²) >= 11 is 3.50. The largest absolute Gasteiger partial charge is 0.352 e. The van der Waals surface area contributed by atoms with Crippen LogP contribution in [0.5, 0.6) is 0 Å². The minimum atomic E-state index is 0.234. The maximum atomic E-state index is 4.32. The highest BCUT2D eigenvalue weighted by Gasteiger charge is 2.11. The summed E-state index contributed by atoms with van der Waals surface area (Å²) in [5, 5.41) is 3.23. The molecular formula is C14H16BrN3. The maximum Gasteiger partial charge on any atom is 0.203 e. The lowest BCUT2D eigenvalue weighted by Crippen LogP contribution is -2.11. The number of hydrogen-bond donors (Lipinski definition) is 1. The number of benzene rings is 1. The summed E-state index contributed by atoms with van der Waals surface area (Å²) in [6, 6.07) is 8.55. The Kier molecular flexibility index (Phi) is 4.20. The van der Waals surface area contributed by atoms with Gasteiger partial charge in [0.05, 0.1) is 6.04 Å². The Balaban J connectivity index is 2.25. The van der Waals surface area contributed by atoms with Gasteiger partial charge in [0.2, 0.25) is 5.95 Å². The molecule has 2 rings (SSSR count). The Bertz CT molecular complexity index is 533. The van der Waals surface area contributed by atoms with Crippen LogP contribution in [0, 0.1) is 0 Å². The highest BCUT2D eigenvalue weighted by Crippen LogP contribution is 2.23. The van der Waals surface area contributed by atoms with Gasteiger partial charge in [-0.1, -0.05) is 34.1 Å². The first kappa shape index (κ1) is 12.9. The van der Waals surface area contributed by atoms with Gasteiger partial charge < -0.3 is 9.88 Å². The second-order valence-corrected chi connectivity index (χ2v) is 4.97. The van der Waals surface area contributed by atoms with Crippen molar-refractivity contribution in [3.63, 3.8) is 0 Å². The van der Waals surface area contributed by atoms with E-state index >= 15 is 0 Å². The van der Waals surface area contributed by atoms with Crippen molar-refractivity contribution in [2.75, 3.05) is 11.9 Å². The first-order valence-corrected chi connectivity index (χ1v) is 6.64. The van der Waals surface area contributed by atoms with Crippen LogP contribution in [0.15, 0.2) is 53.8 Å². The van der Waals surface area contributed by atoms with Crippen molar-refractivity contribution in [1.82, 2.24) is 9.55 Å². The van der Waals surface area contributed by atoms with Crippen LogP contribution in [0.4, 0.5) is 5.95 Å². The zero-order valence-electron chi connectivity index (χ0n) is 10.3. The molecular weight excluding hydrogens is 290 g/mol. The van der Waals surface area contributed by atoms with Gasteiger partial charge in [0, 0.05) is 23.4 Å². The lowest BCUT2D eigenvalue weighted by atomic mass is 10.1. The van der Waals surface area contributed by atoms with E-state index in [2.05, 4.69) is 56.4 Å². The van der Waals surface area contributed by atoms with Crippen molar-refractivity contribution in [1.29, 1.82) is 0 Å². The molecule has 0 aliphatic heterocycles. The van der Waals surface area contributed by atoms with E-state index in [1.165, 1.54) is 5.56 Å². The number of halogens is 1. The third-order valence-electron chi connectivity index (χ3n) is 2.82. The van der Waals surface area contributed by atoms with Crippen LogP contribution in [-0.4, -0.2) is 16.1 Å². The van der Waals surface area contributed by atoms with Crippen LogP contribution in [-0.2, 0) is 0 Å². The molecule has 1 aromatic heterocycles. The molecule has 0 aliphatic carbocycles. The number of hydrogen-bond acceptors (Lipinski definition) is 2. The summed E-state index contributed by atoms with van der Waals surface area (Å²) in [5.74, 6) is 0.863. The van der Waals surface area contributed by atoms with Gasteiger partial charge >= 0.3 is 0 Å². The minimum absolute atomic E-state index is 0.234. The Morgan fingerprint density at radius 3 is 3.11 bits per heavy atom. The maximum absolute atomic E-state index is 4.32. The average Bonchev–Trinajstić information content (AvgIpc) is 2.83. The molecule has 0 spiro atoms. The zero-order valence-corrected chi connectivity index (χ0v) is 11.9. The molecule has 0 amide bonds. The molecule has 0 bridgehead atoms. The molecule has 1 aromatic carbocycles. The number of anilines is 1. The van der Waals surface area contributed by atoms with Gasteiger partial charge in [-0.2, -0.15) is 0 Å². The SMILES string of the molecule is C=CCNc1nccn1C(C)c1cccc(Br)c1. The number of rotatable bonds is 5. The molecule has 0 saturated carbocycles. The minimum Gasteiger partial charge on any atom is -0.352 e. The summed E-state index contributed by atoms with van der Waals surface area (Å²) in [7, 11) is 0. The van der Waals surface area contributed by atoms with Crippen LogP contribution in [0.25, 0.3) is 0 Å². The van der Waals surface area contributed by atoms with Gasteiger partial charge in [-0.05, 0) is 24.6 Å². The van der Waals surface area contributed by atoms with Crippen LogP contribution in [0.3, 0.4) is 0 Å². The third kappa shape index (κ3) is 2.82. The molecule has 4 heteroatoms. The van der Waals surface area contributed by atoms with Crippen molar-refractivity contribution in [2.45, 2.75) is 13.0 Å². The predicted molar refractivity (Wildman–Crippen MR) is 78.9 cm³/mol. The van der Waals surface area contributed by atoms with Crippen molar-refractivity contribution in [3.05, 3.63) is 59.4 Å². The Morgan fingerprint density at radius 2 is 2.39 bits per heavy atom. The van der Waals surface area contributed by atoms with Crippen LogP contribution in [0.2, 0.25) is 0 Å². The quantitative estimate of drug-likeness (QED) is 0.850. The van der Waals surface area contributed by atoms with Gasteiger partial charge in [0.25, 0.3) is 0 Å². The fourth-order valence-corrected chi connectivity index (χ4v) is 2.27. The molecule has 0 saturated heterocycles. The molecule has 1 atom stereocenters. The molecule has 1 N–H and O–H groups in total. The summed E-state index contributed by atoms with van der Waals surface area (Å²) in [5.41, 5.74) is 1.24. The van der Waals surface area contributed by atoms with Crippen LogP contribution >= 0.6 is 15.9 Å². The van der Waals surface area contributed by atoms with E-state index in [-0.39, 0.29) is 6.04 Å². The average molecular weight is 306 g/mol. The molecule has 3 nitrogen and oxygen atoms in total. The summed E-state index contributed by atoms with van der Waals surface area (Å²) in [6.07, 6.45) is 5.61. The second-order valence-electron chi connectivity index (χ2n) is 4.06. The molecule has 2 aromatic rings. The van der Waals surface area contributed by atoms with Crippen LogP contribution < -0.4 is 5.32 Å². The van der Waals surface area contributed by atoms with Gasteiger partial charge in [-0.25, -0.2) is 4.98 Å².